The van der Waals surface area contributed by atoms with Crippen LogP contribution in [0.4, 0.5) is 0 Å². The summed E-state index contributed by atoms with van der Waals surface area (Å²) in [6, 6.07) is 0. The second kappa shape index (κ2) is 5.30. The van der Waals surface area contributed by atoms with Gasteiger partial charge in [-0.05, 0) is 45.6 Å². The third-order valence-electron chi connectivity index (χ3n) is 3.16. The minimum absolute atomic E-state index is 0.745. The van der Waals surface area contributed by atoms with Gasteiger partial charge in [-0.3, -0.25) is 0 Å². The highest BCUT2D eigenvalue weighted by Crippen LogP contribution is 2.17. The van der Waals surface area contributed by atoms with Crippen LogP contribution in [0.5, 0.6) is 0 Å². The molecule has 1 atom stereocenters. The smallest absolute Gasteiger partial charge is 0.208 e. The van der Waals surface area contributed by atoms with E-state index in [4.69, 9.17) is 4.42 Å². The highest BCUT2D eigenvalue weighted by atomic mass is 16.4. The van der Waals surface area contributed by atoms with Gasteiger partial charge >= 0.3 is 0 Å². The van der Waals surface area contributed by atoms with Crippen molar-refractivity contribution in [3.05, 3.63) is 29.5 Å². The average Bonchev–Trinajstić information content (AvgIpc) is 2.60. The van der Waals surface area contributed by atoms with Gasteiger partial charge in [-0.25, -0.2) is 4.98 Å². The van der Waals surface area contributed by atoms with Crippen molar-refractivity contribution in [3.63, 3.8) is 0 Å². The number of allylic oxidation sites excluding steroid dienone is 2. The van der Waals surface area contributed by atoms with Gasteiger partial charge in [0.2, 0.25) is 5.89 Å². The summed E-state index contributed by atoms with van der Waals surface area (Å²) in [6.07, 6.45) is 8.29. The SMILES string of the molecule is Cc1nc(CNCC2CC=CCC2)oc1C. The maximum Gasteiger partial charge on any atom is 0.208 e. The molecule has 0 aromatic carbocycles. The summed E-state index contributed by atoms with van der Waals surface area (Å²) in [5.41, 5.74) is 0.998. The molecule has 0 aliphatic heterocycles. The molecule has 1 aromatic rings. The molecule has 3 nitrogen and oxygen atoms in total. The molecule has 3 heteroatoms. The number of aromatic nitrogens is 1. The van der Waals surface area contributed by atoms with Gasteiger partial charge in [-0.1, -0.05) is 12.2 Å². The number of aryl methyl sites for hydroxylation is 2. The Balaban J connectivity index is 1.73. The van der Waals surface area contributed by atoms with Crippen LogP contribution in [0.2, 0.25) is 0 Å². The molecule has 0 spiro atoms. The molecule has 0 bridgehead atoms. The zero-order valence-electron chi connectivity index (χ0n) is 10.1. The normalized spacial score (nSPS) is 20.2. The van der Waals surface area contributed by atoms with Crippen LogP contribution in [-0.4, -0.2) is 11.5 Å². The third kappa shape index (κ3) is 2.95. The summed E-state index contributed by atoms with van der Waals surface area (Å²) in [4.78, 5) is 4.35. The topological polar surface area (TPSA) is 38.1 Å². The van der Waals surface area contributed by atoms with Gasteiger partial charge in [0.1, 0.15) is 5.76 Å². The standard InChI is InChI=1S/C13H20N2O/c1-10-11(2)16-13(15-10)9-14-8-12-6-4-3-5-7-12/h3-4,12,14H,5-9H2,1-2H3. The summed E-state index contributed by atoms with van der Waals surface area (Å²) in [5, 5.41) is 3.42. The molecule has 0 fully saturated rings. The van der Waals surface area contributed by atoms with Crippen molar-refractivity contribution in [3.8, 4) is 0 Å². The Morgan fingerprint density at radius 1 is 1.44 bits per heavy atom. The van der Waals surface area contributed by atoms with E-state index in [9.17, 15) is 0 Å². The Morgan fingerprint density at radius 2 is 2.31 bits per heavy atom. The molecule has 16 heavy (non-hydrogen) atoms. The van der Waals surface area contributed by atoms with E-state index in [1.165, 1.54) is 19.3 Å². The van der Waals surface area contributed by atoms with Crippen molar-refractivity contribution in [2.24, 2.45) is 5.92 Å². The van der Waals surface area contributed by atoms with E-state index in [1.807, 2.05) is 13.8 Å². The predicted octanol–water partition coefficient (Wildman–Crippen LogP) is 2.74. The summed E-state index contributed by atoms with van der Waals surface area (Å²) in [6.45, 7) is 5.74. The van der Waals surface area contributed by atoms with Crippen LogP contribution in [0.15, 0.2) is 16.6 Å². The quantitative estimate of drug-likeness (QED) is 0.793. The third-order valence-corrected chi connectivity index (χ3v) is 3.16. The van der Waals surface area contributed by atoms with Crippen molar-refractivity contribution in [2.45, 2.75) is 39.7 Å². The van der Waals surface area contributed by atoms with Gasteiger partial charge in [0.05, 0.1) is 12.2 Å². The molecule has 1 aliphatic carbocycles. The second-order valence-electron chi connectivity index (χ2n) is 4.53. The summed E-state index contributed by atoms with van der Waals surface area (Å²) >= 11 is 0. The molecule has 0 saturated carbocycles. The van der Waals surface area contributed by atoms with Crippen molar-refractivity contribution >= 4 is 0 Å². The fourth-order valence-corrected chi connectivity index (χ4v) is 2.04. The Kier molecular flexibility index (Phi) is 3.78. The van der Waals surface area contributed by atoms with Gasteiger partial charge in [0.15, 0.2) is 0 Å². The number of hydrogen-bond acceptors (Lipinski definition) is 3. The van der Waals surface area contributed by atoms with Crippen LogP contribution in [-0.2, 0) is 6.54 Å². The summed E-state index contributed by atoms with van der Waals surface area (Å²) in [7, 11) is 0. The minimum atomic E-state index is 0.745. The van der Waals surface area contributed by atoms with Crippen LogP contribution in [0, 0.1) is 19.8 Å². The second-order valence-corrected chi connectivity index (χ2v) is 4.53. The highest BCUT2D eigenvalue weighted by Gasteiger charge is 2.10. The highest BCUT2D eigenvalue weighted by molar-refractivity contribution is 5.05. The van der Waals surface area contributed by atoms with E-state index in [2.05, 4.69) is 22.5 Å². The Hall–Kier alpha value is -1.09. The van der Waals surface area contributed by atoms with E-state index in [1.54, 1.807) is 0 Å². The van der Waals surface area contributed by atoms with Crippen molar-refractivity contribution < 1.29 is 4.42 Å². The molecule has 0 radical (unpaired) electrons. The zero-order chi connectivity index (χ0) is 11.4. The molecule has 0 saturated heterocycles. The van der Waals surface area contributed by atoms with Gasteiger partial charge < -0.3 is 9.73 Å². The first kappa shape index (κ1) is 11.4. The van der Waals surface area contributed by atoms with E-state index >= 15 is 0 Å². The van der Waals surface area contributed by atoms with Crippen LogP contribution >= 0.6 is 0 Å². The summed E-state index contributed by atoms with van der Waals surface area (Å²) < 4.78 is 5.52. The van der Waals surface area contributed by atoms with Crippen molar-refractivity contribution in [2.75, 3.05) is 6.54 Å². The Bertz CT molecular complexity index is 349. The number of oxazole rings is 1. The zero-order valence-corrected chi connectivity index (χ0v) is 10.1. The molecule has 1 N–H and O–H groups in total. The molecular formula is C13H20N2O. The number of hydrogen-bond donors (Lipinski definition) is 1. The minimum Gasteiger partial charge on any atom is -0.444 e. The maximum atomic E-state index is 5.52. The van der Waals surface area contributed by atoms with Crippen LogP contribution in [0.3, 0.4) is 0 Å². The molecule has 1 unspecified atom stereocenters. The lowest BCUT2D eigenvalue weighted by Crippen LogP contribution is -2.23. The molecule has 1 aliphatic rings. The lowest BCUT2D eigenvalue weighted by Gasteiger charge is -2.17. The molecule has 88 valence electrons. The molecule has 1 heterocycles. The van der Waals surface area contributed by atoms with E-state index in [-0.39, 0.29) is 0 Å². The Morgan fingerprint density at radius 3 is 2.94 bits per heavy atom. The van der Waals surface area contributed by atoms with Gasteiger partial charge in [-0.2, -0.15) is 0 Å². The van der Waals surface area contributed by atoms with Crippen molar-refractivity contribution in [1.82, 2.24) is 10.3 Å². The molecule has 2 rings (SSSR count). The van der Waals surface area contributed by atoms with Gasteiger partial charge in [0, 0.05) is 0 Å². The monoisotopic (exact) mass is 220 g/mol. The van der Waals surface area contributed by atoms with Crippen LogP contribution in [0.25, 0.3) is 0 Å². The lowest BCUT2D eigenvalue weighted by atomic mass is 9.94. The first-order valence-corrected chi connectivity index (χ1v) is 6.04. The molecule has 0 amide bonds. The first-order chi connectivity index (χ1) is 7.75. The van der Waals surface area contributed by atoms with Crippen molar-refractivity contribution in [1.29, 1.82) is 0 Å². The number of nitrogens with zero attached hydrogens (tertiary/aromatic N) is 1. The van der Waals surface area contributed by atoms with E-state index < -0.39 is 0 Å². The van der Waals surface area contributed by atoms with Crippen LogP contribution in [0.1, 0.15) is 36.6 Å². The van der Waals surface area contributed by atoms with E-state index in [0.29, 0.717) is 0 Å². The average molecular weight is 220 g/mol. The molecule has 1 aromatic heterocycles. The largest absolute Gasteiger partial charge is 0.444 e. The van der Waals surface area contributed by atoms with E-state index in [0.717, 1.165) is 36.4 Å². The summed E-state index contributed by atoms with van der Waals surface area (Å²) in [5.74, 6) is 2.51. The Labute approximate surface area is 96.9 Å². The first-order valence-electron chi connectivity index (χ1n) is 6.04. The lowest BCUT2D eigenvalue weighted by molar-refractivity contribution is 0.405. The van der Waals surface area contributed by atoms with Crippen LogP contribution < -0.4 is 5.32 Å². The fourth-order valence-electron chi connectivity index (χ4n) is 2.04. The number of rotatable bonds is 4. The fraction of sp³-hybridized carbons (Fsp3) is 0.615. The molecular weight excluding hydrogens is 200 g/mol. The predicted molar refractivity (Wildman–Crippen MR) is 64.2 cm³/mol. The maximum absolute atomic E-state index is 5.52. The van der Waals surface area contributed by atoms with Gasteiger partial charge in [-0.15, -0.1) is 0 Å². The van der Waals surface area contributed by atoms with Gasteiger partial charge in [0.25, 0.3) is 0 Å². The number of nitrogens with one attached hydrogen (secondary N) is 1.